The molecule has 0 unspecified atom stereocenters. The second-order valence-electron chi connectivity index (χ2n) is 8.01. The minimum absolute atomic E-state index is 0.106. The first-order chi connectivity index (χ1) is 14.6. The lowest BCUT2D eigenvalue weighted by Crippen LogP contribution is -2.35. The number of likely N-dealkylation sites (tertiary alicyclic amines) is 1. The van der Waals surface area contributed by atoms with Gasteiger partial charge in [-0.3, -0.25) is 4.79 Å². The summed E-state index contributed by atoms with van der Waals surface area (Å²) in [5.74, 6) is 1.71. The first-order valence-corrected chi connectivity index (χ1v) is 10.5. The van der Waals surface area contributed by atoms with E-state index in [1.54, 1.807) is 0 Å². The molecule has 4 aromatic rings. The summed E-state index contributed by atoms with van der Waals surface area (Å²) in [6, 6.07) is 13.8. The van der Waals surface area contributed by atoms with Gasteiger partial charge in [0.25, 0.3) is 5.91 Å². The molecule has 2 aromatic carbocycles. The zero-order chi connectivity index (χ0) is 20.7. The van der Waals surface area contributed by atoms with Crippen LogP contribution in [0.15, 0.2) is 42.5 Å². The molecule has 1 fully saturated rings. The molecule has 0 saturated carbocycles. The van der Waals surface area contributed by atoms with Gasteiger partial charge in [-0.05, 0) is 51.3 Å². The van der Waals surface area contributed by atoms with Crippen molar-refractivity contribution in [2.45, 2.75) is 33.1 Å². The molecule has 3 heterocycles. The summed E-state index contributed by atoms with van der Waals surface area (Å²) in [7, 11) is 0. The van der Waals surface area contributed by atoms with Gasteiger partial charge in [0, 0.05) is 35.5 Å². The molecule has 1 amide bonds. The highest BCUT2D eigenvalue weighted by Crippen LogP contribution is 2.31. The lowest BCUT2D eigenvalue weighted by molar-refractivity contribution is 0.0724. The Hall–Kier alpha value is -3.41. The van der Waals surface area contributed by atoms with Crippen LogP contribution in [0, 0.1) is 13.8 Å². The Morgan fingerprint density at radius 1 is 0.900 bits per heavy atom. The summed E-state index contributed by atoms with van der Waals surface area (Å²) < 4.78 is 0. The van der Waals surface area contributed by atoms with Crippen molar-refractivity contribution in [1.29, 1.82) is 0 Å². The molecule has 1 aliphatic heterocycles. The summed E-state index contributed by atoms with van der Waals surface area (Å²) >= 11 is 0. The highest BCUT2D eigenvalue weighted by atomic mass is 16.2. The number of H-pyrrole nitrogens is 2. The predicted molar refractivity (Wildman–Crippen MR) is 118 cm³/mol. The molecule has 30 heavy (non-hydrogen) atoms. The second kappa shape index (κ2) is 7.44. The van der Waals surface area contributed by atoms with E-state index in [1.165, 1.54) is 6.42 Å². The van der Waals surface area contributed by atoms with Crippen molar-refractivity contribution in [3.05, 3.63) is 59.4 Å². The van der Waals surface area contributed by atoms with Gasteiger partial charge in [-0.1, -0.05) is 24.3 Å². The second-order valence-corrected chi connectivity index (χ2v) is 8.01. The average molecular weight is 399 g/mol. The first kappa shape index (κ1) is 18.6. The standard InChI is InChI=1S/C24H25N5O/c1-15-16(2)26-22(25-15)18-8-4-5-9-19(18)23-27-20-11-10-17(14-21(20)28-23)24(30)29-12-6-3-7-13-29/h4-5,8-11,14H,3,6-7,12-13H2,1-2H3,(H,25,26)(H,27,28). The summed E-state index contributed by atoms with van der Waals surface area (Å²) in [5, 5.41) is 0. The predicted octanol–water partition coefficient (Wildman–Crippen LogP) is 4.86. The zero-order valence-electron chi connectivity index (χ0n) is 17.3. The van der Waals surface area contributed by atoms with E-state index in [2.05, 4.69) is 15.0 Å². The quantitative estimate of drug-likeness (QED) is 0.516. The van der Waals surface area contributed by atoms with E-state index in [-0.39, 0.29) is 5.91 Å². The Morgan fingerprint density at radius 3 is 2.27 bits per heavy atom. The molecular formula is C24H25N5O. The monoisotopic (exact) mass is 399 g/mol. The Kier molecular flexibility index (Phi) is 4.62. The topological polar surface area (TPSA) is 77.7 Å². The number of aromatic amines is 2. The summed E-state index contributed by atoms with van der Waals surface area (Å²) in [5.41, 5.74) is 6.46. The number of benzene rings is 2. The SMILES string of the molecule is Cc1nc(-c2ccccc2-c2nc3ccc(C(=O)N4CCCCC4)cc3[nH]2)[nH]c1C. The molecule has 6 nitrogen and oxygen atoms in total. The number of nitrogens with zero attached hydrogens (tertiary/aromatic N) is 3. The van der Waals surface area contributed by atoms with Crippen molar-refractivity contribution < 1.29 is 4.79 Å². The third-order valence-electron chi connectivity index (χ3n) is 5.94. The fourth-order valence-corrected chi connectivity index (χ4v) is 4.12. The normalized spacial score (nSPS) is 14.4. The van der Waals surface area contributed by atoms with Gasteiger partial charge in [0.2, 0.25) is 0 Å². The third-order valence-corrected chi connectivity index (χ3v) is 5.94. The molecule has 0 radical (unpaired) electrons. The Labute approximate surface area is 175 Å². The van der Waals surface area contributed by atoms with E-state index in [9.17, 15) is 4.79 Å². The third kappa shape index (κ3) is 3.28. The number of carbonyl (C=O) groups is 1. The number of fused-ring (bicyclic) bond motifs is 1. The van der Waals surface area contributed by atoms with Crippen LogP contribution in [-0.4, -0.2) is 43.8 Å². The average Bonchev–Trinajstić information content (AvgIpc) is 3.36. The molecule has 2 aromatic heterocycles. The van der Waals surface area contributed by atoms with Crippen LogP contribution in [0.4, 0.5) is 0 Å². The van der Waals surface area contributed by atoms with Gasteiger partial charge in [-0.15, -0.1) is 0 Å². The fraction of sp³-hybridized carbons (Fsp3) is 0.292. The molecule has 5 rings (SSSR count). The Morgan fingerprint density at radius 2 is 1.60 bits per heavy atom. The van der Waals surface area contributed by atoms with Gasteiger partial charge < -0.3 is 14.9 Å². The zero-order valence-corrected chi connectivity index (χ0v) is 17.3. The van der Waals surface area contributed by atoms with Crippen molar-refractivity contribution in [2.24, 2.45) is 0 Å². The van der Waals surface area contributed by atoms with Gasteiger partial charge in [-0.2, -0.15) is 0 Å². The van der Waals surface area contributed by atoms with Gasteiger partial charge in [0.1, 0.15) is 11.6 Å². The molecule has 0 aliphatic carbocycles. The van der Waals surface area contributed by atoms with Crippen LogP contribution in [-0.2, 0) is 0 Å². The molecule has 2 N–H and O–H groups in total. The van der Waals surface area contributed by atoms with Crippen molar-refractivity contribution in [1.82, 2.24) is 24.8 Å². The summed E-state index contributed by atoms with van der Waals surface area (Å²) in [6.45, 7) is 5.72. The smallest absolute Gasteiger partial charge is 0.253 e. The van der Waals surface area contributed by atoms with Gasteiger partial charge in [0.15, 0.2) is 0 Å². The first-order valence-electron chi connectivity index (χ1n) is 10.5. The fourth-order valence-electron chi connectivity index (χ4n) is 4.12. The van der Waals surface area contributed by atoms with Crippen molar-refractivity contribution in [3.63, 3.8) is 0 Å². The highest BCUT2D eigenvalue weighted by Gasteiger charge is 2.19. The van der Waals surface area contributed by atoms with Crippen LogP contribution >= 0.6 is 0 Å². The van der Waals surface area contributed by atoms with Gasteiger partial charge in [-0.25, -0.2) is 9.97 Å². The molecule has 6 heteroatoms. The summed E-state index contributed by atoms with van der Waals surface area (Å²) in [6.07, 6.45) is 3.39. The number of piperidine rings is 1. The van der Waals surface area contributed by atoms with Crippen LogP contribution in [0.1, 0.15) is 41.0 Å². The van der Waals surface area contributed by atoms with Crippen LogP contribution in [0.2, 0.25) is 0 Å². The molecule has 152 valence electrons. The van der Waals surface area contributed by atoms with Crippen LogP contribution in [0.5, 0.6) is 0 Å². The number of imidazole rings is 2. The molecule has 0 bridgehead atoms. The number of aromatic nitrogens is 4. The van der Waals surface area contributed by atoms with E-state index >= 15 is 0 Å². The number of hydrogen-bond acceptors (Lipinski definition) is 3. The number of hydrogen-bond donors (Lipinski definition) is 2. The molecule has 0 spiro atoms. The van der Waals surface area contributed by atoms with Crippen molar-refractivity contribution >= 4 is 16.9 Å². The van der Waals surface area contributed by atoms with E-state index in [0.29, 0.717) is 5.56 Å². The molecule has 1 aliphatic rings. The largest absolute Gasteiger partial charge is 0.342 e. The van der Waals surface area contributed by atoms with E-state index in [0.717, 1.165) is 71.1 Å². The Bertz CT molecular complexity index is 1210. The Balaban J connectivity index is 1.53. The lowest BCUT2D eigenvalue weighted by Gasteiger charge is -2.26. The van der Waals surface area contributed by atoms with E-state index < -0.39 is 0 Å². The summed E-state index contributed by atoms with van der Waals surface area (Å²) in [4.78, 5) is 31.1. The maximum atomic E-state index is 12.9. The molecule has 1 saturated heterocycles. The van der Waals surface area contributed by atoms with Gasteiger partial charge >= 0.3 is 0 Å². The number of nitrogens with one attached hydrogen (secondary N) is 2. The van der Waals surface area contributed by atoms with Crippen molar-refractivity contribution in [2.75, 3.05) is 13.1 Å². The van der Waals surface area contributed by atoms with Crippen LogP contribution in [0.3, 0.4) is 0 Å². The number of amides is 1. The van der Waals surface area contributed by atoms with Crippen LogP contribution < -0.4 is 0 Å². The van der Waals surface area contributed by atoms with Crippen molar-refractivity contribution in [3.8, 4) is 22.8 Å². The lowest BCUT2D eigenvalue weighted by atomic mass is 10.1. The molecule has 0 atom stereocenters. The van der Waals surface area contributed by atoms with Gasteiger partial charge in [0.05, 0.1) is 16.7 Å². The number of aryl methyl sites for hydroxylation is 2. The van der Waals surface area contributed by atoms with Crippen LogP contribution in [0.25, 0.3) is 33.8 Å². The highest BCUT2D eigenvalue weighted by molar-refractivity contribution is 5.98. The maximum absolute atomic E-state index is 12.9. The minimum atomic E-state index is 0.106. The number of rotatable bonds is 3. The minimum Gasteiger partial charge on any atom is -0.342 e. The number of carbonyl (C=O) groups excluding carboxylic acids is 1. The maximum Gasteiger partial charge on any atom is 0.253 e. The molecular weight excluding hydrogens is 374 g/mol. The van der Waals surface area contributed by atoms with E-state index in [1.807, 2.05) is 61.2 Å². The van der Waals surface area contributed by atoms with E-state index in [4.69, 9.17) is 4.98 Å².